The maximum atomic E-state index is 4.71. The van der Waals surface area contributed by atoms with E-state index in [0.717, 1.165) is 13.0 Å². The van der Waals surface area contributed by atoms with Crippen LogP contribution in [0, 0.1) is 0 Å². The van der Waals surface area contributed by atoms with Gasteiger partial charge in [-0.05, 0) is 32.8 Å². The summed E-state index contributed by atoms with van der Waals surface area (Å²) >= 11 is 9.43. The predicted molar refractivity (Wildman–Crippen MR) is 90.7 cm³/mol. The lowest BCUT2D eigenvalue weighted by atomic mass is 10.2. The average molecular weight is 299 g/mol. The van der Waals surface area contributed by atoms with E-state index < -0.39 is 0 Å². The molecule has 2 nitrogen and oxygen atoms in total. The lowest BCUT2D eigenvalue weighted by molar-refractivity contribution is -0.894. The topological polar surface area (TPSA) is 16.5 Å². The zero-order valence-electron chi connectivity index (χ0n) is 12.2. The molecule has 108 valence electrons. The van der Waals surface area contributed by atoms with Gasteiger partial charge in [-0.3, -0.25) is 0 Å². The van der Waals surface area contributed by atoms with Crippen molar-refractivity contribution in [3.63, 3.8) is 0 Å². The molecule has 0 unspecified atom stereocenters. The van der Waals surface area contributed by atoms with Crippen LogP contribution < -0.4 is 10.2 Å². The molecule has 0 saturated heterocycles. The molecule has 0 bridgehead atoms. The Hall–Kier alpha value is -0.710. The smallest absolute Gasteiger partial charge is 0.0742 e. The van der Waals surface area contributed by atoms with Gasteiger partial charge in [0, 0.05) is 6.54 Å². The van der Waals surface area contributed by atoms with Crippen LogP contribution in [0.1, 0.15) is 26.3 Å². The molecule has 0 spiro atoms. The maximum Gasteiger partial charge on any atom is 0.0742 e. The van der Waals surface area contributed by atoms with Gasteiger partial charge in [0.1, 0.15) is 0 Å². The molecule has 0 aliphatic heterocycles. The fourth-order valence-electron chi connectivity index (χ4n) is 1.70. The molecule has 0 fully saturated rings. The Kier molecular flexibility index (Phi) is 11.9. The third-order valence-corrected chi connectivity index (χ3v) is 3.31. The maximum absolute atomic E-state index is 4.71. The third kappa shape index (κ3) is 10.9. The Balaban J connectivity index is 0.000000399. The van der Waals surface area contributed by atoms with E-state index in [4.69, 9.17) is 24.8 Å². The fourth-order valence-corrected chi connectivity index (χ4v) is 1.91. The van der Waals surface area contributed by atoms with Gasteiger partial charge in [0.05, 0.1) is 19.6 Å². The van der Waals surface area contributed by atoms with Gasteiger partial charge >= 0.3 is 0 Å². The molecule has 1 aromatic rings. The minimum atomic E-state index is 0.450. The molecule has 0 aromatic heterocycles. The average Bonchev–Trinajstić information content (AvgIpc) is 2.42. The fraction of sp³-hybridized carbons (Fsp3) is 0.533. The monoisotopic (exact) mass is 298 g/mol. The van der Waals surface area contributed by atoms with Crippen molar-refractivity contribution in [2.75, 3.05) is 26.2 Å². The molecule has 19 heavy (non-hydrogen) atoms. The molecular weight excluding hydrogens is 272 g/mol. The van der Waals surface area contributed by atoms with Gasteiger partial charge in [0.15, 0.2) is 0 Å². The zero-order chi connectivity index (χ0) is 14.5. The van der Waals surface area contributed by atoms with Crippen molar-refractivity contribution < 1.29 is 4.90 Å². The molecular formula is C15H26N2S2. The highest BCUT2D eigenvalue weighted by Gasteiger charge is 1.92. The van der Waals surface area contributed by atoms with Gasteiger partial charge in [-0.1, -0.05) is 34.7 Å². The van der Waals surface area contributed by atoms with E-state index in [2.05, 4.69) is 38.2 Å². The van der Waals surface area contributed by atoms with E-state index >= 15 is 0 Å². The predicted octanol–water partition coefficient (Wildman–Crippen LogP) is 1.58. The largest absolute Gasteiger partial charge is 0.412 e. The van der Waals surface area contributed by atoms with E-state index in [1.807, 2.05) is 18.2 Å². The number of thiocarbonyl (C=S) groups is 1. The van der Waals surface area contributed by atoms with E-state index in [1.54, 1.807) is 4.90 Å². The van der Waals surface area contributed by atoms with Gasteiger partial charge in [-0.15, -0.1) is 0 Å². The van der Waals surface area contributed by atoms with Crippen LogP contribution in [0.25, 0.3) is 0 Å². The number of benzene rings is 1. The summed E-state index contributed by atoms with van der Waals surface area (Å²) in [7, 11) is 0. The lowest BCUT2D eigenvalue weighted by Crippen LogP contribution is -3.11. The van der Waals surface area contributed by atoms with E-state index in [-0.39, 0.29) is 0 Å². The first-order chi connectivity index (χ1) is 9.13. The highest BCUT2D eigenvalue weighted by Crippen LogP contribution is 1.97. The van der Waals surface area contributed by atoms with Crippen molar-refractivity contribution in [1.29, 1.82) is 0 Å². The second kappa shape index (κ2) is 12.3. The Morgan fingerprint density at radius 2 is 1.63 bits per heavy atom. The molecule has 0 radical (unpaired) electrons. The highest BCUT2D eigenvalue weighted by atomic mass is 32.1. The Bertz CT molecular complexity index is 319. The van der Waals surface area contributed by atoms with Crippen molar-refractivity contribution in [2.24, 2.45) is 0 Å². The number of rotatable bonds is 6. The minimum absolute atomic E-state index is 0.450. The van der Waals surface area contributed by atoms with Crippen LogP contribution in [-0.2, 0) is 19.0 Å². The number of hydrogen-bond acceptors (Lipinski definition) is 2. The molecule has 1 aromatic carbocycles. The molecule has 0 saturated carbocycles. The Morgan fingerprint density at radius 1 is 1.11 bits per heavy atom. The summed E-state index contributed by atoms with van der Waals surface area (Å²) in [6, 6.07) is 10.2. The molecule has 0 atom stereocenters. The van der Waals surface area contributed by atoms with Gasteiger partial charge < -0.3 is 35.1 Å². The summed E-state index contributed by atoms with van der Waals surface area (Å²) in [6.45, 7) is 11.3. The SMILES string of the molecule is CC[NH+](CC)CC.S=C([S-])NCCc1ccccc1. The van der Waals surface area contributed by atoms with Gasteiger partial charge in [-0.2, -0.15) is 0 Å². The lowest BCUT2D eigenvalue weighted by Gasteiger charge is -2.10. The summed E-state index contributed by atoms with van der Waals surface area (Å²) in [4.78, 5) is 1.68. The second-order valence-corrected chi connectivity index (χ2v) is 5.34. The van der Waals surface area contributed by atoms with Crippen LogP contribution in [-0.4, -0.2) is 30.5 Å². The van der Waals surface area contributed by atoms with E-state index in [0.29, 0.717) is 4.32 Å². The summed E-state index contributed by atoms with van der Waals surface area (Å²) in [5.74, 6) is 0. The molecule has 1 rings (SSSR count). The van der Waals surface area contributed by atoms with Crippen LogP contribution >= 0.6 is 12.2 Å². The van der Waals surface area contributed by atoms with Crippen LogP contribution in [0.4, 0.5) is 0 Å². The third-order valence-electron chi connectivity index (χ3n) is 3.03. The van der Waals surface area contributed by atoms with Crippen LogP contribution in [0.15, 0.2) is 30.3 Å². The van der Waals surface area contributed by atoms with Gasteiger partial charge in [0.2, 0.25) is 0 Å². The van der Waals surface area contributed by atoms with Crippen LogP contribution in [0.2, 0.25) is 0 Å². The van der Waals surface area contributed by atoms with Crippen molar-refractivity contribution in [3.8, 4) is 0 Å². The number of nitrogens with one attached hydrogen (secondary N) is 2. The molecule has 4 heteroatoms. The molecule has 2 N–H and O–H groups in total. The van der Waals surface area contributed by atoms with Crippen molar-refractivity contribution in [2.45, 2.75) is 27.2 Å². The highest BCUT2D eigenvalue weighted by molar-refractivity contribution is 8.00. The molecule has 0 aliphatic carbocycles. The van der Waals surface area contributed by atoms with Gasteiger partial charge in [-0.25, -0.2) is 0 Å². The minimum Gasteiger partial charge on any atom is -0.412 e. The Labute approximate surface area is 129 Å². The van der Waals surface area contributed by atoms with E-state index in [9.17, 15) is 0 Å². The normalized spacial score (nSPS) is 9.68. The first kappa shape index (κ1) is 18.3. The zero-order valence-corrected chi connectivity index (χ0v) is 13.9. The number of hydrogen-bond donors (Lipinski definition) is 2. The Morgan fingerprint density at radius 3 is 2.00 bits per heavy atom. The summed E-state index contributed by atoms with van der Waals surface area (Å²) in [6.07, 6.45) is 0.970. The van der Waals surface area contributed by atoms with Crippen LogP contribution in [0.3, 0.4) is 0 Å². The second-order valence-electron chi connectivity index (χ2n) is 4.26. The number of quaternary nitrogens is 1. The van der Waals surface area contributed by atoms with Crippen molar-refractivity contribution in [3.05, 3.63) is 35.9 Å². The first-order valence-electron chi connectivity index (χ1n) is 6.96. The van der Waals surface area contributed by atoms with E-state index in [1.165, 1.54) is 25.2 Å². The first-order valence-corrected chi connectivity index (χ1v) is 7.77. The summed E-state index contributed by atoms with van der Waals surface area (Å²) in [5.41, 5.74) is 1.30. The quantitative estimate of drug-likeness (QED) is 0.613. The van der Waals surface area contributed by atoms with Gasteiger partial charge in [0.25, 0.3) is 0 Å². The van der Waals surface area contributed by atoms with Crippen molar-refractivity contribution >= 4 is 29.2 Å². The molecule has 0 heterocycles. The molecule has 0 amide bonds. The van der Waals surface area contributed by atoms with Crippen molar-refractivity contribution in [1.82, 2.24) is 5.32 Å². The molecule has 0 aliphatic rings. The standard InChI is InChI=1S/C9H11NS2.C6H15N/c11-9(12)10-7-6-8-4-2-1-3-5-8;1-4-7(5-2)6-3/h1-5H,6-7H2,(H2,10,11,12);4-6H2,1-3H3. The summed E-state index contributed by atoms with van der Waals surface area (Å²) < 4.78 is 0.450. The van der Waals surface area contributed by atoms with Crippen LogP contribution in [0.5, 0.6) is 0 Å². The summed E-state index contributed by atoms with van der Waals surface area (Å²) in [5, 5.41) is 2.94.